The summed E-state index contributed by atoms with van der Waals surface area (Å²) in [7, 11) is 0. The van der Waals surface area contributed by atoms with Crippen LogP contribution in [-0.2, 0) is 4.79 Å². The van der Waals surface area contributed by atoms with Crippen molar-refractivity contribution in [2.24, 2.45) is 5.10 Å². The summed E-state index contributed by atoms with van der Waals surface area (Å²) in [5.74, 6) is 0.477. The molecule has 2 aromatic rings. The number of anilines is 1. The highest BCUT2D eigenvalue weighted by molar-refractivity contribution is 9.10. The molecule has 1 amide bonds. The largest absolute Gasteiger partial charge is 0.489 e. The number of halogens is 2. The third kappa shape index (κ3) is 3.89. The third-order valence-corrected chi connectivity index (χ3v) is 4.51. The molecule has 0 saturated heterocycles. The number of hydrazone groups is 1. The molecule has 2 aromatic carbocycles. The zero-order chi connectivity index (χ0) is 18.7. The lowest BCUT2D eigenvalue weighted by atomic mass is 10.1. The summed E-state index contributed by atoms with van der Waals surface area (Å²) in [5, 5.41) is 6.36. The molecule has 4 nitrogen and oxygen atoms in total. The van der Waals surface area contributed by atoms with Crippen molar-refractivity contribution in [3.63, 3.8) is 0 Å². The van der Waals surface area contributed by atoms with Gasteiger partial charge in [0.05, 0.1) is 17.0 Å². The number of amides is 1. The summed E-state index contributed by atoms with van der Waals surface area (Å²) in [6, 6.07) is 12.6. The number of hydrogen-bond donors (Lipinski definition) is 0. The minimum atomic E-state index is -0.195. The van der Waals surface area contributed by atoms with Crippen molar-refractivity contribution in [3.05, 3.63) is 75.8 Å². The second-order valence-corrected chi connectivity index (χ2v) is 6.97. The van der Waals surface area contributed by atoms with E-state index in [0.29, 0.717) is 34.4 Å². The lowest BCUT2D eigenvalue weighted by Gasteiger charge is -2.12. The predicted molar refractivity (Wildman–Crippen MR) is 110 cm³/mol. The van der Waals surface area contributed by atoms with E-state index in [1.54, 1.807) is 36.4 Å². The number of benzene rings is 2. The molecule has 0 spiro atoms. The van der Waals surface area contributed by atoms with Crippen molar-refractivity contribution in [1.29, 1.82) is 0 Å². The molecule has 0 fully saturated rings. The van der Waals surface area contributed by atoms with Gasteiger partial charge in [-0.15, -0.1) is 0 Å². The van der Waals surface area contributed by atoms with Gasteiger partial charge in [0.25, 0.3) is 5.91 Å². The summed E-state index contributed by atoms with van der Waals surface area (Å²) >= 11 is 9.37. The molecule has 132 valence electrons. The van der Waals surface area contributed by atoms with Crippen molar-refractivity contribution < 1.29 is 9.53 Å². The number of rotatable bonds is 5. The molecule has 0 saturated carbocycles. The van der Waals surface area contributed by atoms with E-state index in [4.69, 9.17) is 16.3 Å². The van der Waals surface area contributed by atoms with Crippen molar-refractivity contribution in [2.75, 3.05) is 11.6 Å². The maximum Gasteiger partial charge on any atom is 0.280 e. The number of carbonyl (C=O) groups excluding carboxylic acids is 1. The fraction of sp³-hybridized carbons (Fsp3) is 0.100. The molecule has 0 atom stereocenters. The molecule has 0 bridgehead atoms. The summed E-state index contributed by atoms with van der Waals surface area (Å²) in [6.07, 6.45) is 3.47. The quantitative estimate of drug-likeness (QED) is 0.465. The number of hydrogen-bond acceptors (Lipinski definition) is 3. The lowest BCUT2D eigenvalue weighted by molar-refractivity contribution is -0.114. The Labute approximate surface area is 165 Å². The van der Waals surface area contributed by atoms with Crippen LogP contribution in [0.2, 0.25) is 5.02 Å². The zero-order valence-electron chi connectivity index (χ0n) is 14.1. The average Bonchev–Trinajstić information content (AvgIpc) is 2.90. The van der Waals surface area contributed by atoms with E-state index in [-0.39, 0.29) is 5.91 Å². The van der Waals surface area contributed by atoms with Crippen LogP contribution in [0.15, 0.2) is 70.3 Å². The molecule has 1 aliphatic heterocycles. The Kier molecular flexibility index (Phi) is 5.59. The Morgan fingerprint density at radius 3 is 2.69 bits per heavy atom. The fourth-order valence-electron chi connectivity index (χ4n) is 2.51. The summed E-state index contributed by atoms with van der Waals surface area (Å²) in [5.41, 5.74) is 2.61. The van der Waals surface area contributed by atoms with Crippen molar-refractivity contribution in [2.45, 2.75) is 6.92 Å². The van der Waals surface area contributed by atoms with Gasteiger partial charge in [-0.05, 0) is 55.5 Å². The van der Waals surface area contributed by atoms with E-state index in [1.165, 1.54) is 5.01 Å². The Balaban J connectivity index is 1.96. The molecule has 0 aromatic heterocycles. The molecule has 1 aliphatic rings. The first-order valence-corrected chi connectivity index (χ1v) is 9.07. The van der Waals surface area contributed by atoms with Crippen LogP contribution in [0.25, 0.3) is 6.08 Å². The maximum atomic E-state index is 12.9. The van der Waals surface area contributed by atoms with Crippen molar-refractivity contribution in [1.82, 2.24) is 0 Å². The molecule has 0 N–H and O–H groups in total. The molecule has 26 heavy (non-hydrogen) atoms. The van der Waals surface area contributed by atoms with E-state index in [9.17, 15) is 4.79 Å². The first-order valence-electron chi connectivity index (χ1n) is 7.90. The van der Waals surface area contributed by atoms with Crippen LogP contribution in [-0.4, -0.2) is 18.2 Å². The second kappa shape index (κ2) is 7.89. The van der Waals surface area contributed by atoms with Crippen LogP contribution < -0.4 is 9.75 Å². The minimum absolute atomic E-state index is 0.195. The normalized spacial score (nSPS) is 15.3. The topological polar surface area (TPSA) is 41.9 Å². The van der Waals surface area contributed by atoms with Crippen LogP contribution in [0, 0.1) is 0 Å². The van der Waals surface area contributed by atoms with Crippen LogP contribution in [0.5, 0.6) is 5.75 Å². The molecule has 3 rings (SSSR count). The van der Waals surface area contributed by atoms with E-state index < -0.39 is 0 Å². The summed E-state index contributed by atoms with van der Waals surface area (Å²) in [4.78, 5) is 12.9. The first-order chi connectivity index (χ1) is 12.5. The van der Waals surface area contributed by atoms with Gasteiger partial charge in [0, 0.05) is 15.1 Å². The molecular formula is C20H16BrClN2O2. The fourth-order valence-corrected chi connectivity index (χ4v) is 3.01. The standard InChI is InChI=1S/C20H16BrClN2O2/c1-3-10-26-19-9-4-15(21)11-14(19)12-18-13(2)23-24(20(18)25)17-7-5-16(22)6-8-17/h3-9,11-12H,1,10H2,2H3/b18-12-. The highest BCUT2D eigenvalue weighted by atomic mass is 79.9. The van der Waals surface area contributed by atoms with E-state index in [2.05, 4.69) is 27.6 Å². The van der Waals surface area contributed by atoms with Gasteiger partial charge in [0.1, 0.15) is 12.4 Å². The van der Waals surface area contributed by atoms with E-state index >= 15 is 0 Å². The third-order valence-electron chi connectivity index (χ3n) is 3.76. The number of ether oxygens (including phenoxy) is 1. The predicted octanol–water partition coefficient (Wildman–Crippen LogP) is 5.47. The smallest absolute Gasteiger partial charge is 0.280 e. The van der Waals surface area contributed by atoms with Gasteiger partial charge in [0.2, 0.25) is 0 Å². The van der Waals surface area contributed by atoms with Gasteiger partial charge >= 0.3 is 0 Å². The molecular weight excluding hydrogens is 416 g/mol. The number of nitrogens with zero attached hydrogens (tertiary/aromatic N) is 2. The van der Waals surface area contributed by atoms with Gasteiger partial charge in [-0.2, -0.15) is 10.1 Å². The van der Waals surface area contributed by atoms with Gasteiger partial charge in [-0.3, -0.25) is 4.79 Å². The van der Waals surface area contributed by atoms with Crippen LogP contribution in [0.1, 0.15) is 12.5 Å². The van der Waals surface area contributed by atoms with Crippen molar-refractivity contribution >= 4 is 50.9 Å². The van der Waals surface area contributed by atoms with Crippen LogP contribution in [0.4, 0.5) is 5.69 Å². The van der Waals surface area contributed by atoms with Gasteiger partial charge in [-0.1, -0.05) is 40.2 Å². The number of carbonyl (C=O) groups is 1. The first kappa shape index (κ1) is 18.4. The lowest BCUT2D eigenvalue weighted by Crippen LogP contribution is -2.21. The Hall–Kier alpha value is -2.37. The molecule has 1 heterocycles. The average molecular weight is 432 g/mol. The van der Waals surface area contributed by atoms with Gasteiger partial charge < -0.3 is 4.74 Å². The summed E-state index contributed by atoms with van der Waals surface area (Å²) in [6.45, 7) is 5.85. The zero-order valence-corrected chi connectivity index (χ0v) is 16.4. The van der Waals surface area contributed by atoms with Gasteiger partial charge in [-0.25, -0.2) is 0 Å². The van der Waals surface area contributed by atoms with Crippen molar-refractivity contribution in [3.8, 4) is 5.75 Å². The Morgan fingerprint density at radius 2 is 2.00 bits per heavy atom. The highest BCUT2D eigenvalue weighted by Gasteiger charge is 2.29. The second-order valence-electron chi connectivity index (χ2n) is 5.62. The molecule has 6 heteroatoms. The van der Waals surface area contributed by atoms with Gasteiger partial charge in [0.15, 0.2) is 0 Å². The highest BCUT2D eigenvalue weighted by Crippen LogP contribution is 2.30. The molecule has 0 radical (unpaired) electrons. The maximum absolute atomic E-state index is 12.9. The summed E-state index contributed by atoms with van der Waals surface area (Å²) < 4.78 is 6.58. The van der Waals surface area contributed by atoms with Crippen LogP contribution >= 0.6 is 27.5 Å². The molecule has 0 aliphatic carbocycles. The monoisotopic (exact) mass is 430 g/mol. The van der Waals surface area contributed by atoms with E-state index in [0.717, 1.165) is 10.0 Å². The minimum Gasteiger partial charge on any atom is -0.489 e. The van der Waals surface area contributed by atoms with E-state index in [1.807, 2.05) is 25.1 Å². The Bertz CT molecular complexity index is 920. The Morgan fingerprint density at radius 1 is 1.27 bits per heavy atom. The van der Waals surface area contributed by atoms with Crippen LogP contribution in [0.3, 0.4) is 0 Å². The SMILES string of the molecule is C=CCOc1ccc(Br)cc1/C=C1\C(=O)N(c2ccc(Cl)cc2)N=C1C. The molecule has 0 unspecified atom stereocenters.